The Kier molecular flexibility index (Phi) is 2.27. The summed E-state index contributed by atoms with van der Waals surface area (Å²) in [6, 6.07) is 10.5. The van der Waals surface area contributed by atoms with Gasteiger partial charge in [0.1, 0.15) is 5.75 Å². The van der Waals surface area contributed by atoms with E-state index in [1.807, 2.05) is 18.2 Å². The summed E-state index contributed by atoms with van der Waals surface area (Å²) in [6.45, 7) is 0. The number of nitrogens with zero attached hydrogens (tertiary/aromatic N) is 2. The van der Waals surface area contributed by atoms with Gasteiger partial charge in [0.25, 0.3) is 5.88 Å². The highest BCUT2D eigenvalue weighted by Gasteiger charge is 2.03. The number of hydrogen-bond acceptors (Lipinski definition) is 4. The SMILES string of the molecule is Oc1ccnnc1Oc1ccccc1. The minimum absolute atomic E-state index is 0.0242. The van der Waals surface area contributed by atoms with E-state index < -0.39 is 0 Å². The third kappa shape index (κ3) is 1.80. The predicted octanol–water partition coefficient (Wildman–Crippen LogP) is 1.97. The molecule has 14 heavy (non-hydrogen) atoms. The highest BCUT2D eigenvalue weighted by molar-refractivity contribution is 5.34. The molecule has 70 valence electrons. The van der Waals surface area contributed by atoms with E-state index in [0.29, 0.717) is 5.75 Å². The van der Waals surface area contributed by atoms with Crippen LogP contribution in [0.15, 0.2) is 42.6 Å². The van der Waals surface area contributed by atoms with Gasteiger partial charge in [-0.3, -0.25) is 0 Å². The van der Waals surface area contributed by atoms with Gasteiger partial charge in [0.2, 0.25) is 0 Å². The molecule has 1 aromatic heterocycles. The first-order chi connectivity index (χ1) is 6.86. The highest BCUT2D eigenvalue weighted by atomic mass is 16.5. The number of aromatic nitrogens is 2. The summed E-state index contributed by atoms with van der Waals surface area (Å²) in [4.78, 5) is 0. The Morgan fingerprint density at radius 3 is 2.57 bits per heavy atom. The lowest BCUT2D eigenvalue weighted by Gasteiger charge is -2.03. The molecule has 0 amide bonds. The van der Waals surface area contributed by atoms with Gasteiger partial charge in [-0.1, -0.05) is 18.2 Å². The van der Waals surface area contributed by atoms with Gasteiger partial charge < -0.3 is 9.84 Å². The van der Waals surface area contributed by atoms with Crippen LogP contribution in [0.5, 0.6) is 17.4 Å². The van der Waals surface area contributed by atoms with E-state index in [1.54, 1.807) is 12.1 Å². The number of rotatable bonds is 2. The topological polar surface area (TPSA) is 55.2 Å². The van der Waals surface area contributed by atoms with Crippen molar-refractivity contribution in [1.29, 1.82) is 0 Å². The summed E-state index contributed by atoms with van der Waals surface area (Å²) in [6.07, 6.45) is 1.40. The van der Waals surface area contributed by atoms with Crippen molar-refractivity contribution < 1.29 is 9.84 Å². The monoisotopic (exact) mass is 188 g/mol. The normalized spacial score (nSPS) is 9.71. The fourth-order valence-electron chi connectivity index (χ4n) is 0.985. The van der Waals surface area contributed by atoms with E-state index in [1.165, 1.54) is 12.3 Å². The average Bonchev–Trinajstić information content (AvgIpc) is 2.23. The second-order valence-electron chi connectivity index (χ2n) is 2.64. The zero-order valence-corrected chi connectivity index (χ0v) is 7.29. The first-order valence-corrected chi connectivity index (χ1v) is 4.10. The van der Waals surface area contributed by atoms with Crippen molar-refractivity contribution in [3.05, 3.63) is 42.6 Å². The Labute approximate surface area is 80.8 Å². The number of benzene rings is 1. The summed E-state index contributed by atoms with van der Waals surface area (Å²) in [5.74, 6) is 0.700. The quantitative estimate of drug-likeness (QED) is 0.782. The maximum absolute atomic E-state index is 9.34. The third-order valence-corrected chi connectivity index (χ3v) is 1.62. The van der Waals surface area contributed by atoms with Crippen molar-refractivity contribution in [2.24, 2.45) is 0 Å². The number of aromatic hydroxyl groups is 1. The first-order valence-electron chi connectivity index (χ1n) is 4.10. The molecule has 2 aromatic rings. The Bertz CT molecular complexity index is 417. The van der Waals surface area contributed by atoms with Gasteiger partial charge in [-0.2, -0.15) is 5.10 Å². The Balaban J connectivity index is 2.24. The molecule has 4 nitrogen and oxygen atoms in total. The molecule has 0 saturated carbocycles. The lowest BCUT2D eigenvalue weighted by Crippen LogP contribution is -1.89. The zero-order chi connectivity index (χ0) is 9.80. The van der Waals surface area contributed by atoms with Gasteiger partial charge in [-0.15, -0.1) is 5.10 Å². The molecule has 4 heteroatoms. The van der Waals surface area contributed by atoms with Crippen molar-refractivity contribution in [2.75, 3.05) is 0 Å². The molecule has 0 bridgehead atoms. The third-order valence-electron chi connectivity index (χ3n) is 1.62. The fraction of sp³-hybridized carbons (Fsp3) is 0. The maximum Gasteiger partial charge on any atom is 0.281 e. The molecule has 0 unspecified atom stereocenters. The minimum atomic E-state index is -0.0242. The van der Waals surface area contributed by atoms with E-state index in [2.05, 4.69) is 10.2 Å². The van der Waals surface area contributed by atoms with E-state index in [9.17, 15) is 5.11 Å². The number of ether oxygens (including phenoxy) is 1. The Hall–Kier alpha value is -2.10. The summed E-state index contributed by atoms with van der Waals surface area (Å²) in [5, 5.41) is 16.6. The fourth-order valence-corrected chi connectivity index (χ4v) is 0.985. The summed E-state index contributed by atoms with van der Waals surface area (Å²) in [7, 11) is 0. The van der Waals surface area contributed by atoms with Crippen LogP contribution in [0.1, 0.15) is 0 Å². The van der Waals surface area contributed by atoms with Gasteiger partial charge in [0.15, 0.2) is 5.75 Å². The van der Waals surface area contributed by atoms with Crippen molar-refractivity contribution in [3.8, 4) is 17.4 Å². The van der Waals surface area contributed by atoms with Crippen LogP contribution >= 0.6 is 0 Å². The van der Waals surface area contributed by atoms with Crippen molar-refractivity contribution in [3.63, 3.8) is 0 Å². The second kappa shape index (κ2) is 3.74. The standard InChI is InChI=1S/C10H8N2O2/c13-9-6-7-11-12-10(9)14-8-4-2-1-3-5-8/h1-7H,(H,11,13). The van der Waals surface area contributed by atoms with E-state index in [4.69, 9.17) is 4.74 Å². The smallest absolute Gasteiger partial charge is 0.281 e. The molecule has 0 atom stereocenters. The van der Waals surface area contributed by atoms with Crippen LogP contribution in [-0.4, -0.2) is 15.3 Å². The van der Waals surface area contributed by atoms with Crippen LogP contribution in [0.2, 0.25) is 0 Å². The maximum atomic E-state index is 9.34. The first kappa shape index (κ1) is 8.50. The van der Waals surface area contributed by atoms with E-state index in [0.717, 1.165) is 0 Å². The molecular formula is C10H8N2O2. The predicted molar refractivity (Wildman–Crippen MR) is 50.2 cm³/mol. The van der Waals surface area contributed by atoms with Crippen LogP contribution in [0.25, 0.3) is 0 Å². The molecule has 1 aromatic carbocycles. The molecular weight excluding hydrogens is 180 g/mol. The largest absolute Gasteiger partial charge is 0.503 e. The van der Waals surface area contributed by atoms with Gasteiger partial charge in [0, 0.05) is 6.07 Å². The number of para-hydroxylation sites is 1. The highest BCUT2D eigenvalue weighted by Crippen LogP contribution is 2.25. The molecule has 0 spiro atoms. The van der Waals surface area contributed by atoms with Crippen LogP contribution in [0.4, 0.5) is 0 Å². The van der Waals surface area contributed by atoms with Gasteiger partial charge in [-0.05, 0) is 12.1 Å². The van der Waals surface area contributed by atoms with E-state index >= 15 is 0 Å². The van der Waals surface area contributed by atoms with Crippen LogP contribution in [-0.2, 0) is 0 Å². The summed E-state index contributed by atoms with van der Waals surface area (Å²) < 4.78 is 5.29. The lowest BCUT2D eigenvalue weighted by molar-refractivity contribution is 0.392. The van der Waals surface area contributed by atoms with Crippen LogP contribution in [0, 0.1) is 0 Å². The molecule has 0 aliphatic heterocycles. The molecule has 0 fully saturated rings. The molecule has 0 aliphatic carbocycles. The van der Waals surface area contributed by atoms with Crippen molar-refractivity contribution in [1.82, 2.24) is 10.2 Å². The lowest BCUT2D eigenvalue weighted by atomic mass is 10.3. The molecule has 2 rings (SSSR count). The molecule has 1 heterocycles. The Morgan fingerprint density at radius 1 is 1.07 bits per heavy atom. The molecule has 0 saturated heterocycles. The molecule has 1 N–H and O–H groups in total. The van der Waals surface area contributed by atoms with Gasteiger partial charge >= 0.3 is 0 Å². The van der Waals surface area contributed by atoms with Gasteiger partial charge in [-0.25, -0.2) is 0 Å². The average molecular weight is 188 g/mol. The van der Waals surface area contributed by atoms with Crippen LogP contribution in [0.3, 0.4) is 0 Å². The van der Waals surface area contributed by atoms with Crippen LogP contribution < -0.4 is 4.74 Å². The van der Waals surface area contributed by atoms with Crippen molar-refractivity contribution >= 4 is 0 Å². The number of hydrogen-bond donors (Lipinski definition) is 1. The second-order valence-corrected chi connectivity index (χ2v) is 2.64. The zero-order valence-electron chi connectivity index (χ0n) is 7.29. The van der Waals surface area contributed by atoms with Gasteiger partial charge in [0.05, 0.1) is 6.20 Å². The molecule has 0 aliphatic rings. The Morgan fingerprint density at radius 2 is 1.86 bits per heavy atom. The van der Waals surface area contributed by atoms with Crippen molar-refractivity contribution in [2.45, 2.75) is 0 Å². The molecule has 0 radical (unpaired) electrons. The summed E-state index contributed by atoms with van der Waals surface area (Å²) >= 11 is 0. The summed E-state index contributed by atoms with van der Waals surface area (Å²) in [5.41, 5.74) is 0. The minimum Gasteiger partial charge on any atom is -0.503 e. The van der Waals surface area contributed by atoms with E-state index in [-0.39, 0.29) is 11.6 Å².